The molecule has 1 unspecified atom stereocenters. The Morgan fingerprint density at radius 1 is 0.889 bits per heavy atom. The van der Waals surface area contributed by atoms with Gasteiger partial charge in [0.2, 0.25) is 5.82 Å². The maximum atomic E-state index is 13.2. The van der Waals surface area contributed by atoms with E-state index in [0.29, 0.717) is 11.0 Å². The topological polar surface area (TPSA) is 59.0 Å². The summed E-state index contributed by atoms with van der Waals surface area (Å²) in [5.74, 6) is 0.0820. The molecule has 5 nitrogen and oxygen atoms in total. The molecule has 27 heavy (non-hydrogen) atoms. The van der Waals surface area contributed by atoms with Gasteiger partial charge in [-0.2, -0.15) is 0 Å². The Morgan fingerprint density at radius 2 is 1.59 bits per heavy atom. The van der Waals surface area contributed by atoms with E-state index >= 15 is 0 Å². The van der Waals surface area contributed by atoms with Crippen molar-refractivity contribution >= 4 is 16.9 Å². The number of carbonyl (C=O) groups excluding carboxylic acids is 1. The number of hydrogen-bond donors (Lipinski definition) is 0. The number of benzene rings is 2. The Morgan fingerprint density at radius 3 is 2.37 bits per heavy atom. The van der Waals surface area contributed by atoms with Gasteiger partial charge >= 0.3 is 0 Å². The van der Waals surface area contributed by atoms with E-state index in [1.807, 2.05) is 35.2 Å². The minimum atomic E-state index is -0.113. The van der Waals surface area contributed by atoms with Crippen molar-refractivity contribution in [3.8, 4) is 0 Å². The number of hydrogen-bond acceptors (Lipinski definition) is 4. The van der Waals surface area contributed by atoms with E-state index in [2.05, 4.69) is 39.4 Å². The molecule has 5 heteroatoms. The maximum Gasteiger partial charge on any atom is 0.294 e. The van der Waals surface area contributed by atoms with Crippen molar-refractivity contribution in [2.24, 2.45) is 5.41 Å². The van der Waals surface area contributed by atoms with E-state index in [-0.39, 0.29) is 23.2 Å². The molecule has 1 saturated heterocycles. The molecule has 2 aromatic carbocycles. The minimum absolute atomic E-state index is 0.113. The highest BCUT2D eigenvalue weighted by atomic mass is 16.2. The molecule has 1 spiro atoms. The molecule has 1 aliphatic carbocycles. The third-order valence-electron chi connectivity index (χ3n) is 6.15. The van der Waals surface area contributed by atoms with Gasteiger partial charge in [0.25, 0.3) is 5.91 Å². The molecule has 2 aliphatic rings. The van der Waals surface area contributed by atoms with Crippen LogP contribution in [-0.4, -0.2) is 32.5 Å². The smallest absolute Gasteiger partial charge is 0.294 e. The van der Waals surface area contributed by atoms with Crippen molar-refractivity contribution in [1.29, 1.82) is 0 Å². The Bertz CT molecular complexity index is 982. The largest absolute Gasteiger partial charge is 0.328 e. The monoisotopic (exact) mass is 358 g/mol. The average Bonchev–Trinajstić information content (AvgIpc) is 2.73. The summed E-state index contributed by atoms with van der Waals surface area (Å²) in [6.45, 7) is 0.793. The molecule has 1 amide bonds. The summed E-state index contributed by atoms with van der Waals surface area (Å²) in [4.78, 5) is 19.7. The minimum Gasteiger partial charge on any atom is -0.328 e. The van der Waals surface area contributed by atoms with Crippen molar-refractivity contribution in [2.45, 2.75) is 38.1 Å². The van der Waals surface area contributed by atoms with Crippen molar-refractivity contribution in [2.75, 3.05) is 6.54 Å². The average molecular weight is 358 g/mol. The molecular formula is C22H22N4O. The van der Waals surface area contributed by atoms with Crippen LogP contribution in [0.4, 0.5) is 0 Å². The second-order valence-corrected chi connectivity index (χ2v) is 7.79. The van der Waals surface area contributed by atoms with E-state index < -0.39 is 0 Å². The summed E-state index contributed by atoms with van der Waals surface area (Å²) in [5, 5.41) is 8.30. The number of nitrogens with zero attached hydrogens (tertiary/aromatic N) is 4. The summed E-state index contributed by atoms with van der Waals surface area (Å²) in [5.41, 5.74) is 2.84. The lowest BCUT2D eigenvalue weighted by Gasteiger charge is -2.59. The zero-order chi connectivity index (χ0) is 18.3. The predicted octanol–water partition coefficient (Wildman–Crippen LogP) is 4.17. The number of rotatable bonds is 2. The van der Waals surface area contributed by atoms with Crippen molar-refractivity contribution in [3.63, 3.8) is 0 Å². The van der Waals surface area contributed by atoms with Crippen molar-refractivity contribution in [1.82, 2.24) is 20.1 Å². The van der Waals surface area contributed by atoms with Crippen LogP contribution in [0.2, 0.25) is 0 Å². The number of aromatic nitrogens is 3. The molecule has 0 N–H and O–H groups in total. The van der Waals surface area contributed by atoms with Crippen molar-refractivity contribution < 1.29 is 4.79 Å². The van der Waals surface area contributed by atoms with Crippen LogP contribution >= 0.6 is 0 Å². The standard InChI is InChI=1S/C22H22N4O/c27-21(20-23-17-11-5-6-12-18(17)24-25-20)26-15-22(13-7-2-8-14-22)19(26)16-9-3-1-4-10-16/h1,3-6,9-12,19H,2,7-8,13-15H2. The van der Waals surface area contributed by atoms with E-state index in [9.17, 15) is 4.79 Å². The zero-order valence-electron chi connectivity index (χ0n) is 15.2. The number of carbonyl (C=O) groups is 1. The maximum absolute atomic E-state index is 13.2. The summed E-state index contributed by atoms with van der Waals surface area (Å²) >= 11 is 0. The van der Waals surface area contributed by atoms with Gasteiger partial charge in [-0.3, -0.25) is 4.79 Å². The molecule has 0 bridgehead atoms. The van der Waals surface area contributed by atoms with Crippen LogP contribution in [0, 0.1) is 5.41 Å². The highest BCUT2D eigenvalue weighted by Gasteiger charge is 2.55. The summed E-state index contributed by atoms with van der Waals surface area (Å²) in [7, 11) is 0. The van der Waals surface area contributed by atoms with Crippen LogP contribution in [0.1, 0.15) is 54.3 Å². The summed E-state index contributed by atoms with van der Waals surface area (Å²) in [6, 6.07) is 18.1. The van der Waals surface area contributed by atoms with Gasteiger partial charge in [-0.05, 0) is 30.5 Å². The zero-order valence-corrected chi connectivity index (χ0v) is 15.2. The van der Waals surface area contributed by atoms with Crippen LogP contribution in [-0.2, 0) is 0 Å². The van der Waals surface area contributed by atoms with Gasteiger partial charge in [0.1, 0.15) is 5.52 Å². The Balaban J connectivity index is 1.50. The van der Waals surface area contributed by atoms with Gasteiger partial charge in [0.15, 0.2) is 0 Å². The Hall–Kier alpha value is -2.82. The SMILES string of the molecule is O=C(c1nnc2ccccc2n1)N1CC2(CCCCC2)C1c1ccccc1. The number of para-hydroxylation sites is 1. The number of likely N-dealkylation sites (tertiary alicyclic amines) is 1. The van der Waals surface area contributed by atoms with E-state index in [0.717, 1.165) is 6.54 Å². The highest BCUT2D eigenvalue weighted by molar-refractivity contribution is 5.93. The molecular weight excluding hydrogens is 336 g/mol. The third-order valence-corrected chi connectivity index (χ3v) is 6.15. The van der Waals surface area contributed by atoms with Gasteiger partial charge in [-0.25, -0.2) is 4.98 Å². The number of fused-ring (bicyclic) bond motifs is 1. The van der Waals surface area contributed by atoms with Gasteiger partial charge in [0.05, 0.1) is 11.6 Å². The van der Waals surface area contributed by atoms with Crippen molar-refractivity contribution in [3.05, 3.63) is 66.0 Å². The van der Waals surface area contributed by atoms with Gasteiger partial charge < -0.3 is 4.90 Å². The highest BCUT2D eigenvalue weighted by Crippen LogP contribution is 2.57. The van der Waals surface area contributed by atoms with Crippen LogP contribution in [0.25, 0.3) is 11.0 Å². The predicted molar refractivity (Wildman–Crippen MR) is 103 cm³/mol. The van der Waals surface area contributed by atoms with Crippen LogP contribution < -0.4 is 0 Å². The summed E-state index contributed by atoms with van der Waals surface area (Å²) in [6.07, 6.45) is 6.17. The first-order valence-electron chi connectivity index (χ1n) is 9.72. The lowest BCUT2D eigenvalue weighted by Crippen LogP contribution is -2.61. The molecule has 1 aromatic heterocycles. The molecule has 1 saturated carbocycles. The first-order chi connectivity index (χ1) is 13.3. The quantitative estimate of drug-likeness (QED) is 0.690. The van der Waals surface area contributed by atoms with E-state index in [1.165, 1.54) is 37.7 Å². The molecule has 2 heterocycles. The van der Waals surface area contributed by atoms with E-state index in [4.69, 9.17) is 0 Å². The normalized spacial score (nSPS) is 21.2. The van der Waals surface area contributed by atoms with Crippen LogP contribution in [0.3, 0.4) is 0 Å². The molecule has 0 radical (unpaired) electrons. The second kappa shape index (κ2) is 6.41. The molecule has 3 aromatic rings. The third kappa shape index (κ3) is 2.69. The van der Waals surface area contributed by atoms with Crippen LogP contribution in [0.15, 0.2) is 54.6 Å². The van der Waals surface area contributed by atoms with Gasteiger partial charge in [0, 0.05) is 12.0 Å². The number of amides is 1. The van der Waals surface area contributed by atoms with Crippen LogP contribution in [0.5, 0.6) is 0 Å². The van der Waals surface area contributed by atoms with Gasteiger partial charge in [-0.1, -0.05) is 61.7 Å². The lowest BCUT2D eigenvalue weighted by atomic mass is 9.61. The fraction of sp³-hybridized carbons (Fsp3) is 0.364. The molecule has 1 aliphatic heterocycles. The molecule has 136 valence electrons. The Labute approximate surface area is 158 Å². The lowest BCUT2D eigenvalue weighted by molar-refractivity contribution is -0.0776. The fourth-order valence-corrected chi connectivity index (χ4v) is 4.88. The molecule has 2 fully saturated rings. The molecule has 5 rings (SSSR count). The second-order valence-electron chi connectivity index (χ2n) is 7.79. The van der Waals surface area contributed by atoms with E-state index in [1.54, 1.807) is 0 Å². The molecule has 1 atom stereocenters. The first kappa shape index (κ1) is 16.4. The summed E-state index contributed by atoms with van der Waals surface area (Å²) < 4.78 is 0. The van der Waals surface area contributed by atoms with Gasteiger partial charge in [-0.15, -0.1) is 10.2 Å². The fourth-order valence-electron chi connectivity index (χ4n) is 4.88. The Kier molecular flexibility index (Phi) is 3.88. The first-order valence-corrected chi connectivity index (χ1v) is 9.72.